The van der Waals surface area contributed by atoms with Crippen LogP contribution in [0.5, 0.6) is 0 Å². The highest BCUT2D eigenvalue weighted by atomic mass is 32.2. The predicted molar refractivity (Wildman–Crippen MR) is 123 cm³/mol. The normalized spacial score (nSPS) is 19.8. The van der Waals surface area contributed by atoms with Gasteiger partial charge in [0.25, 0.3) is 0 Å². The van der Waals surface area contributed by atoms with Gasteiger partial charge in [-0.05, 0) is 55.0 Å². The van der Waals surface area contributed by atoms with Crippen LogP contribution < -0.4 is 10.2 Å². The quantitative estimate of drug-likeness (QED) is 0.446. The van der Waals surface area contributed by atoms with E-state index in [9.17, 15) is 0 Å². The van der Waals surface area contributed by atoms with Gasteiger partial charge in [-0.25, -0.2) is 4.98 Å². The lowest BCUT2D eigenvalue weighted by Crippen LogP contribution is -2.39. The van der Waals surface area contributed by atoms with Crippen molar-refractivity contribution in [1.82, 2.24) is 15.2 Å². The van der Waals surface area contributed by atoms with E-state index in [1.54, 1.807) is 0 Å². The molecule has 0 saturated carbocycles. The highest BCUT2D eigenvalue weighted by Gasteiger charge is 2.25. The molecule has 3 heterocycles. The monoisotopic (exact) mass is 409 g/mol. The third-order valence-electron chi connectivity index (χ3n) is 5.72. The first kappa shape index (κ1) is 20.1. The maximum atomic E-state index is 4.56. The number of anilines is 1. The lowest BCUT2D eigenvalue weighted by atomic mass is 10.2. The van der Waals surface area contributed by atoms with Crippen molar-refractivity contribution in [3.8, 4) is 0 Å². The number of benzene rings is 1. The van der Waals surface area contributed by atoms with Crippen molar-refractivity contribution < 1.29 is 0 Å². The molecule has 0 spiro atoms. The van der Waals surface area contributed by atoms with Crippen LogP contribution in [0.25, 0.3) is 0 Å². The molecule has 0 radical (unpaired) electrons. The third-order valence-corrected chi connectivity index (χ3v) is 6.96. The molecule has 4 rings (SSSR count). The van der Waals surface area contributed by atoms with Crippen LogP contribution in [0.4, 0.5) is 5.82 Å². The van der Waals surface area contributed by atoms with Gasteiger partial charge in [0.15, 0.2) is 5.96 Å². The van der Waals surface area contributed by atoms with Gasteiger partial charge in [-0.2, -0.15) is 0 Å². The largest absolute Gasteiger partial charge is 0.357 e. The Bertz CT molecular complexity index is 804. The Hall–Kier alpha value is -2.21. The SMILES string of the molecule is CN=C(NCc1ccnc(N2CCCC2)c1)N1CCC(CSc2ccccc2)C1. The van der Waals surface area contributed by atoms with E-state index >= 15 is 0 Å². The Balaban J connectivity index is 1.27. The van der Waals surface area contributed by atoms with Gasteiger partial charge in [0.05, 0.1) is 0 Å². The van der Waals surface area contributed by atoms with Crippen LogP contribution in [-0.4, -0.2) is 54.8 Å². The van der Waals surface area contributed by atoms with Crippen LogP contribution >= 0.6 is 11.8 Å². The number of aliphatic imine (C=N–C) groups is 1. The number of nitrogens with one attached hydrogen (secondary N) is 1. The fourth-order valence-corrected chi connectivity index (χ4v) is 5.14. The van der Waals surface area contributed by atoms with Crippen molar-refractivity contribution >= 4 is 23.5 Å². The number of guanidine groups is 1. The standard InChI is InChI=1S/C23H31N5S/c1-24-23(26-16-19-9-11-25-22(15-19)27-12-5-6-13-27)28-14-10-20(17-28)18-29-21-7-3-2-4-8-21/h2-4,7-9,11,15,20H,5-6,10,12-14,16-18H2,1H3,(H,24,26). The first-order valence-electron chi connectivity index (χ1n) is 10.6. The van der Waals surface area contributed by atoms with Crippen LogP contribution in [-0.2, 0) is 6.54 Å². The topological polar surface area (TPSA) is 43.8 Å². The molecule has 1 atom stereocenters. The van der Waals surface area contributed by atoms with E-state index in [2.05, 4.69) is 67.6 Å². The van der Waals surface area contributed by atoms with Crippen molar-refractivity contribution in [2.45, 2.75) is 30.7 Å². The van der Waals surface area contributed by atoms with Crippen molar-refractivity contribution in [3.05, 3.63) is 54.2 Å². The van der Waals surface area contributed by atoms with Gasteiger partial charge in [0.1, 0.15) is 5.82 Å². The minimum Gasteiger partial charge on any atom is -0.357 e. The van der Waals surface area contributed by atoms with Gasteiger partial charge in [0, 0.05) is 56.6 Å². The van der Waals surface area contributed by atoms with E-state index < -0.39 is 0 Å². The van der Waals surface area contributed by atoms with Crippen LogP contribution in [0.15, 0.2) is 58.5 Å². The molecule has 154 valence electrons. The lowest BCUT2D eigenvalue weighted by molar-refractivity contribution is 0.474. The van der Waals surface area contributed by atoms with Crippen LogP contribution in [0.3, 0.4) is 0 Å². The van der Waals surface area contributed by atoms with E-state index in [1.807, 2.05) is 25.0 Å². The second-order valence-corrected chi connectivity index (χ2v) is 8.94. The highest BCUT2D eigenvalue weighted by molar-refractivity contribution is 7.99. The molecular weight excluding hydrogens is 378 g/mol. The summed E-state index contributed by atoms with van der Waals surface area (Å²) in [5.74, 6) is 4.00. The Labute approximate surface area is 178 Å². The number of pyridine rings is 1. The third kappa shape index (κ3) is 5.44. The molecule has 2 fully saturated rings. The average Bonchev–Trinajstić information content (AvgIpc) is 3.46. The Kier molecular flexibility index (Phi) is 6.93. The summed E-state index contributed by atoms with van der Waals surface area (Å²) in [6.07, 6.45) is 5.71. The van der Waals surface area contributed by atoms with Crippen molar-refractivity contribution in [3.63, 3.8) is 0 Å². The Morgan fingerprint density at radius 1 is 1.17 bits per heavy atom. The fraction of sp³-hybridized carbons (Fsp3) is 0.478. The van der Waals surface area contributed by atoms with E-state index in [0.717, 1.165) is 44.5 Å². The van der Waals surface area contributed by atoms with Gasteiger partial charge >= 0.3 is 0 Å². The summed E-state index contributed by atoms with van der Waals surface area (Å²) in [6, 6.07) is 15.0. The van der Waals surface area contributed by atoms with Crippen LogP contribution in [0, 0.1) is 5.92 Å². The maximum Gasteiger partial charge on any atom is 0.193 e. The number of hydrogen-bond acceptors (Lipinski definition) is 4. The van der Waals surface area contributed by atoms with E-state index in [1.165, 1.54) is 35.5 Å². The minimum absolute atomic E-state index is 0.710. The molecule has 1 aromatic heterocycles. The predicted octanol–water partition coefficient (Wildman–Crippen LogP) is 3.87. The average molecular weight is 410 g/mol. The zero-order valence-electron chi connectivity index (χ0n) is 17.3. The first-order valence-corrected chi connectivity index (χ1v) is 11.6. The summed E-state index contributed by atoms with van der Waals surface area (Å²) in [5.41, 5.74) is 1.26. The number of hydrogen-bond donors (Lipinski definition) is 1. The van der Waals surface area contributed by atoms with Gasteiger partial charge in [-0.3, -0.25) is 4.99 Å². The molecule has 2 aromatic rings. The number of aromatic nitrogens is 1. The zero-order chi connectivity index (χ0) is 19.9. The molecule has 1 aromatic carbocycles. The number of thioether (sulfide) groups is 1. The lowest BCUT2D eigenvalue weighted by Gasteiger charge is -2.22. The summed E-state index contributed by atoms with van der Waals surface area (Å²) in [6.45, 7) is 5.20. The van der Waals surface area contributed by atoms with Crippen LogP contribution in [0.1, 0.15) is 24.8 Å². The second kappa shape index (κ2) is 10.0. The molecule has 1 N–H and O–H groups in total. The zero-order valence-corrected chi connectivity index (χ0v) is 18.1. The molecule has 2 saturated heterocycles. The second-order valence-electron chi connectivity index (χ2n) is 7.84. The molecule has 6 heteroatoms. The molecule has 5 nitrogen and oxygen atoms in total. The van der Waals surface area contributed by atoms with Gasteiger partial charge in [-0.1, -0.05) is 18.2 Å². The molecule has 0 bridgehead atoms. The summed E-state index contributed by atoms with van der Waals surface area (Å²) in [5, 5.41) is 3.56. The van der Waals surface area contributed by atoms with Crippen LogP contribution in [0.2, 0.25) is 0 Å². The molecular formula is C23H31N5S. The summed E-state index contributed by atoms with van der Waals surface area (Å²) in [7, 11) is 1.89. The number of nitrogens with zero attached hydrogens (tertiary/aromatic N) is 4. The molecule has 2 aliphatic heterocycles. The molecule has 29 heavy (non-hydrogen) atoms. The molecule has 0 amide bonds. The van der Waals surface area contributed by atoms with Gasteiger partial charge in [0.2, 0.25) is 0 Å². The summed E-state index contributed by atoms with van der Waals surface area (Å²) in [4.78, 5) is 15.2. The summed E-state index contributed by atoms with van der Waals surface area (Å²) < 4.78 is 0. The Morgan fingerprint density at radius 2 is 2.00 bits per heavy atom. The molecule has 2 aliphatic rings. The van der Waals surface area contributed by atoms with Gasteiger partial charge in [-0.15, -0.1) is 11.8 Å². The molecule has 1 unspecified atom stereocenters. The van der Waals surface area contributed by atoms with Crippen molar-refractivity contribution in [1.29, 1.82) is 0 Å². The van der Waals surface area contributed by atoms with E-state index in [-0.39, 0.29) is 0 Å². The maximum absolute atomic E-state index is 4.56. The number of rotatable bonds is 6. The number of likely N-dealkylation sites (tertiary alicyclic amines) is 1. The smallest absolute Gasteiger partial charge is 0.193 e. The van der Waals surface area contributed by atoms with Crippen molar-refractivity contribution in [2.24, 2.45) is 10.9 Å². The summed E-state index contributed by atoms with van der Waals surface area (Å²) >= 11 is 1.96. The first-order chi connectivity index (χ1) is 14.3. The van der Waals surface area contributed by atoms with E-state index in [0.29, 0.717) is 5.92 Å². The molecule has 0 aliphatic carbocycles. The fourth-order valence-electron chi connectivity index (χ4n) is 4.09. The van der Waals surface area contributed by atoms with Crippen molar-refractivity contribution in [2.75, 3.05) is 43.9 Å². The minimum atomic E-state index is 0.710. The van der Waals surface area contributed by atoms with E-state index in [4.69, 9.17) is 0 Å². The van der Waals surface area contributed by atoms with Gasteiger partial charge < -0.3 is 15.1 Å². The Morgan fingerprint density at radius 3 is 2.79 bits per heavy atom. The highest BCUT2D eigenvalue weighted by Crippen LogP contribution is 2.26.